The highest BCUT2D eigenvalue weighted by atomic mass is 16.7. The van der Waals surface area contributed by atoms with Crippen molar-refractivity contribution in [2.45, 2.75) is 32.4 Å². The molecule has 24 heavy (non-hydrogen) atoms. The van der Waals surface area contributed by atoms with E-state index in [1.165, 1.54) is 0 Å². The van der Waals surface area contributed by atoms with Crippen LogP contribution in [-0.2, 0) is 11.3 Å². The number of hydrogen-bond donors (Lipinski definition) is 1. The van der Waals surface area contributed by atoms with Gasteiger partial charge < -0.3 is 24.1 Å². The number of fused-ring (bicyclic) bond motifs is 1. The van der Waals surface area contributed by atoms with Crippen molar-refractivity contribution in [1.29, 1.82) is 0 Å². The molecule has 1 aromatic heterocycles. The average molecular weight is 331 g/mol. The first-order chi connectivity index (χ1) is 11.8. The predicted molar refractivity (Wildman–Crippen MR) is 84.7 cm³/mol. The Morgan fingerprint density at radius 2 is 2.12 bits per heavy atom. The van der Waals surface area contributed by atoms with Crippen LogP contribution in [0.1, 0.15) is 36.2 Å². The Hall–Kier alpha value is -2.12. The lowest BCUT2D eigenvalue weighted by Gasteiger charge is -2.28. The third kappa shape index (κ3) is 3.09. The zero-order valence-electron chi connectivity index (χ0n) is 13.7. The van der Waals surface area contributed by atoms with Crippen LogP contribution in [0.25, 0.3) is 0 Å². The zero-order valence-corrected chi connectivity index (χ0v) is 13.7. The number of benzene rings is 1. The van der Waals surface area contributed by atoms with Gasteiger partial charge in [-0.05, 0) is 31.7 Å². The molecule has 7 heteroatoms. The Morgan fingerprint density at radius 1 is 1.25 bits per heavy atom. The molecule has 3 heterocycles. The molecule has 1 N–H and O–H groups in total. The van der Waals surface area contributed by atoms with E-state index >= 15 is 0 Å². The minimum Gasteiger partial charge on any atom is -0.454 e. The van der Waals surface area contributed by atoms with E-state index < -0.39 is 0 Å². The van der Waals surface area contributed by atoms with Crippen LogP contribution in [0.15, 0.2) is 22.7 Å². The first-order valence-corrected chi connectivity index (χ1v) is 8.30. The largest absolute Gasteiger partial charge is 0.454 e. The summed E-state index contributed by atoms with van der Waals surface area (Å²) >= 11 is 0. The van der Waals surface area contributed by atoms with Crippen LogP contribution in [0, 0.1) is 12.8 Å². The van der Waals surface area contributed by atoms with Crippen LogP contribution < -0.4 is 14.8 Å². The molecule has 4 rings (SSSR count). The molecule has 2 aromatic rings. The van der Waals surface area contributed by atoms with Gasteiger partial charge in [0.15, 0.2) is 17.3 Å². The second-order valence-electron chi connectivity index (χ2n) is 6.14. The van der Waals surface area contributed by atoms with Gasteiger partial charge in [-0.3, -0.25) is 0 Å². The fourth-order valence-electron chi connectivity index (χ4n) is 3.29. The highest BCUT2D eigenvalue weighted by Gasteiger charge is 2.30. The van der Waals surface area contributed by atoms with E-state index in [9.17, 15) is 0 Å². The number of ether oxygens (including phenoxy) is 3. The summed E-state index contributed by atoms with van der Waals surface area (Å²) in [6.45, 7) is 4.30. The molecule has 2 aliphatic rings. The highest BCUT2D eigenvalue weighted by Crippen LogP contribution is 2.36. The summed E-state index contributed by atoms with van der Waals surface area (Å²) in [7, 11) is 0. The molecule has 0 saturated carbocycles. The van der Waals surface area contributed by atoms with E-state index in [0.29, 0.717) is 24.2 Å². The third-order valence-corrected chi connectivity index (χ3v) is 4.54. The Bertz CT molecular complexity index is 697. The van der Waals surface area contributed by atoms with E-state index in [1.54, 1.807) is 0 Å². The van der Waals surface area contributed by atoms with Gasteiger partial charge in [-0.15, -0.1) is 0 Å². The number of para-hydroxylation sites is 1. The number of aromatic nitrogens is 2. The Kier molecular flexibility index (Phi) is 4.36. The van der Waals surface area contributed by atoms with Crippen LogP contribution in [0.5, 0.6) is 11.5 Å². The van der Waals surface area contributed by atoms with Gasteiger partial charge in [-0.1, -0.05) is 17.3 Å². The maximum atomic E-state index is 5.58. The summed E-state index contributed by atoms with van der Waals surface area (Å²) in [6, 6.07) is 5.95. The van der Waals surface area contributed by atoms with Crippen LogP contribution >= 0.6 is 0 Å². The van der Waals surface area contributed by atoms with Crippen molar-refractivity contribution >= 4 is 0 Å². The van der Waals surface area contributed by atoms with Crippen LogP contribution in [-0.4, -0.2) is 30.1 Å². The van der Waals surface area contributed by atoms with Crippen molar-refractivity contribution in [1.82, 2.24) is 15.5 Å². The molecule has 2 aliphatic heterocycles. The van der Waals surface area contributed by atoms with Gasteiger partial charge in [0.1, 0.15) is 0 Å². The summed E-state index contributed by atoms with van der Waals surface area (Å²) in [5.41, 5.74) is 1.07. The normalized spacial score (nSPS) is 18.7. The molecule has 7 nitrogen and oxygen atoms in total. The Balaban J connectivity index is 1.52. The average Bonchev–Trinajstić information content (AvgIpc) is 3.25. The molecule has 1 saturated heterocycles. The minimum absolute atomic E-state index is 0.00766. The van der Waals surface area contributed by atoms with Gasteiger partial charge in [-0.2, -0.15) is 4.98 Å². The van der Waals surface area contributed by atoms with Gasteiger partial charge in [0.25, 0.3) is 0 Å². The number of nitrogens with zero attached hydrogens (tertiary/aromatic N) is 2. The van der Waals surface area contributed by atoms with Crippen molar-refractivity contribution in [2.75, 3.05) is 20.0 Å². The molecule has 0 aliphatic carbocycles. The smallest absolute Gasteiger partial charge is 0.244 e. The van der Waals surface area contributed by atoms with E-state index in [1.807, 2.05) is 25.1 Å². The zero-order chi connectivity index (χ0) is 16.4. The summed E-state index contributed by atoms with van der Waals surface area (Å²) in [5.74, 6) is 3.32. The standard InChI is InChI=1S/C17H21N3O4/c1-11-19-17(24-20-11)15(12-5-7-21-8-6-12)18-9-13-3-2-4-14-16(13)23-10-22-14/h2-4,12,15,18H,5-10H2,1H3. The van der Waals surface area contributed by atoms with Crippen LogP contribution in [0.2, 0.25) is 0 Å². The van der Waals surface area contributed by atoms with Crippen molar-refractivity contribution in [3.63, 3.8) is 0 Å². The number of hydrogen-bond acceptors (Lipinski definition) is 7. The van der Waals surface area contributed by atoms with Gasteiger partial charge in [0.2, 0.25) is 12.7 Å². The second kappa shape index (κ2) is 6.78. The third-order valence-electron chi connectivity index (χ3n) is 4.54. The van der Waals surface area contributed by atoms with Gasteiger partial charge in [0, 0.05) is 25.3 Å². The number of nitrogens with one attached hydrogen (secondary N) is 1. The van der Waals surface area contributed by atoms with E-state index in [2.05, 4.69) is 15.5 Å². The number of aryl methyl sites for hydroxylation is 1. The Labute approximate surface area is 140 Å². The van der Waals surface area contributed by atoms with Crippen molar-refractivity contribution < 1.29 is 18.7 Å². The van der Waals surface area contributed by atoms with Crippen molar-refractivity contribution in [3.8, 4) is 11.5 Å². The molecule has 1 unspecified atom stereocenters. The molecule has 128 valence electrons. The summed E-state index contributed by atoms with van der Waals surface area (Å²) < 4.78 is 22.0. The predicted octanol–water partition coefficient (Wildman–Crippen LogP) is 2.36. The summed E-state index contributed by atoms with van der Waals surface area (Å²) in [5, 5.41) is 7.52. The molecule has 1 aromatic carbocycles. The molecular formula is C17H21N3O4. The Morgan fingerprint density at radius 3 is 2.92 bits per heavy atom. The molecule has 0 bridgehead atoms. The molecule has 0 amide bonds. The van der Waals surface area contributed by atoms with Crippen LogP contribution in [0.3, 0.4) is 0 Å². The van der Waals surface area contributed by atoms with Gasteiger partial charge in [-0.25, -0.2) is 0 Å². The fraction of sp³-hybridized carbons (Fsp3) is 0.529. The molecule has 1 fully saturated rings. The lowest BCUT2D eigenvalue weighted by molar-refractivity contribution is 0.0485. The van der Waals surface area contributed by atoms with Gasteiger partial charge >= 0.3 is 0 Å². The minimum atomic E-state index is 0.00766. The summed E-state index contributed by atoms with van der Waals surface area (Å²) in [6.07, 6.45) is 1.96. The van der Waals surface area contributed by atoms with Crippen LogP contribution in [0.4, 0.5) is 0 Å². The lowest BCUT2D eigenvalue weighted by Crippen LogP contribution is -2.32. The van der Waals surface area contributed by atoms with E-state index in [4.69, 9.17) is 18.7 Å². The SMILES string of the molecule is Cc1noc(C(NCc2cccc3c2OCO3)C2CCOCC2)n1. The maximum absolute atomic E-state index is 5.58. The molecular weight excluding hydrogens is 310 g/mol. The van der Waals surface area contributed by atoms with Crippen molar-refractivity contribution in [2.24, 2.45) is 5.92 Å². The second-order valence-corrected chi connectivity index (χ2v) is 6.14. The monoisotopic (exact) mass is 331 g/mol. The molecule has 0 radical (unpaired) electrons. The van der Waals surface area contributed by atoms with E-state index in [0.717, 1.165) is 43.1 Å². The lowest BCUT2D eigenvalue weighted by atomic mass is 9.91. The highest BCUT2D eigenvalue weighted by molar-refractivity contribution is 5.48. The first kappa shape index (κ1) is 15.4. The first-order valence-electron chi connectivity index (χ1n) is 8.30. The molecule has 0 spiro atoms. The quantitative estimate of drug-likeness (QED) is 0.901. The topological polar surface area (TPSA) is 78.6 Å². The fourth-order valence-corrected chi connectivity index (χ4v) is 3.29. The van der Waals surface area contributed by atoms with E-state index in [-0.39, 0.29) is 12.8 Å². The summed E-state index contributed by atoms with van der Waals surface area (Å²) in [4.78, 5) is 4.43. The van der Waals surface area contributed by atoms with Gasteiger partial charge in [0.05, 0.1) is 6.04 Å². The van der Waals surface area contributed by atoms with Crippen molar-refractivity contribution in [3.05, 3.63) is 35.5 Å². The molecule has 1 atom stereocenters. The maximum Gasteiger partial charge on any atom is 0.244 e. The number of rotatable bonds is 5.